The largest absolute Gasteiger partial charge is 0.481 e. The third-order valence-corrected chi connectivity index (χ3v) is 4.78. The summed E-state index contributed by atoms with van der Waals surface area (Å²) < 4.78 is 11.3. The van der Waals surface area contributed by atoms with Gasteiger partial charge in [-0.3, -0.25) is 9.59 Å². The molecule has 0 saturated heterocycles. The molecule has 3 aromatic rings. The molecule has 2 atom stereocenters. The first-order chi connectivity index (χ1) is 15.5. The Labute approximate surface area is 188 Å². The quantitative estimate of drug-likeness (QED) is 0.510. The highest BCUT2D eigenvalue weighted by atomic mass is 16.5. The summed E-state index contributed by atoms with van der Waals surface area (Å²) in [5.41, 5.74) is 1.87. The van der Waals surface area contributed by atoms with E-state index in [1.165, 1.54) is 0 Å². The average Bonchev–Trinajstić information content (AvgIpc) is 2.82. The fourth-order valence-electron chi connectivity index (χ4n) is 3.03. The Hall–Kier alpha value is -3.80. The number of nitrogens with one attached hydrogen (secondary N) is 2. The molecule has 6 heteroatoms. The van der Waals surface area contributed by atoms with E-state index in [0.717, 1.165) is 11.1 Å². The number of hydrogen-bond acceptors (Lipinski definition) is 4. The molecule has 0 aliphatic rings. The minimum Gasteiger partial charge on any atom is -0.481 e. The second-order valence-corrected chi connectivity index (χ2v) is 7.40. The van der Waals surface area contributed by atoms with Crippen LogP contribution in [-0.2, 0) is 22.7 Å². The van der Waals surface area contributed by atoms with E-state index < -0.39 is 12.2 Å². The normalized spacial score (nSPS) is 12.3. The van der Waals surface area contributed by atoms with Crippen LogP contribution in [0.5, 0.6) is 11.5 Å². The highest BCUT2D eigenvalue weighted by molar-refractivity contribution is 5.81. The van der Waals surface area contributed by atoms with Gasteiger partial charge in [0.05, 0.1) is 0 Å². The van der Waals surface area contributed by atoms with Crippen molar-refractivity contribution in [2.45, 2.75) is 39.1 Å². The first-order valence-electron chi connectivity index (χ1n) is 10.6. The van der Waals surface area contributed by atoms with Gasteiger partial charge in [0.1, 0.15) is 11.5 Å². The van der Waals surface area contributed by atoms with Crippen LogP contribution in [0.3, 0.4) is 0 Å². The van der Waals surface area contributed by atoms with Gasteiger partial charge in [0.15, 0.2) is 12.2 Å². The molecule has 0 heterocycles. The SMILES string of the molecule is CC(Oc1ccccc1)C(=O)NCc1cccc(CNC(=O)C(C)Oc2ccccc2)c1. The van der Waals surface area contributed by atoms with Crippen molar-refractivity contribution in [1.29, 1.82) is 0 Å². The molecular weight excluding hydrogens is 404 g/mol. The van der Waals surface area contributed by atoms with Crippen molar-refractivity contribution in [3.63, 3.8) is 0 Å². The number of rotatable bonds is 10. The monoisotopic (exact) mass is 432 g/mol. The number of carbonyl (C=O) groups is 2. The molecule has 2 amide bonds. The Bertz CT molecular complexity index is 930. The van der Waals surface area contributed by atoms with Crippen molar-refractivity contribution in [3.05, 3.63) is 96.1 Å². The summed E-state index contributed by atoms with van der Waals surface area (Å²) >= 11 is 0. The van der Waals surface area contributed by atoms with E-state index >= 15 is 0 Å². The van der Waals surface area contributed by atoms with Gasteiger partial charge in [0.25, 0.3) is 11.8 Å². The van der Waals surface area contributed by atoms with Crippen LogP contribution in [0.4, 0.5) is 0 Å². The van der Waals surface area contributed by atoms with Crippen LogP contribution in [0.25, 0.3) is 0 Å². The maximum Gasteiger partial charge on any atom is 0.261 e. The van der Waals surface area contributed by atoms with Crippen LogP contribution >= 0.6 is 0 Å². The van der Waals surface area contributed by atoms with Crippen LogP contribution in [0, 0.1) is 0 Å². The molecule has 0 aliphatic heterocycles. The third kappa shape index (κ3) is 7.16. The van der Waals surface area contributed by atoms with E-state index in [1.807, 2.05) is 84.9 Å². The van der Waals surface area contributed by atoms with Gasteiger partial charge in [-0.05, 0) is 49.2 Å². The lowest BCUT2D eigenvalue weighted by Crippen LogP contribution is -2.36. The van der Waals surface area contributed by atoms with Crippen molar-refractivity contribution in [2.75, 3.05) is 0 Å². The van der Waals surface area contributed by atoms with E-state index in [1.54, 1.807) is 13.8 Å². The topological polar surface area (TPSA) is 76.7 Å². The number of hydrogen-bond donors (Lipinski definition) is 2. The molecule has 6 nitrogen and oxygen atoms in total. The number of benzene rings is 3. The zero-order valence-electron chi connectivity index (χ0n) is 18.3. The van der Waals surface area contributed by atoms with Crippen molar-refractivity contribution in [3.8, 4) is 11.5 Å². The number of ether oxygens (including phenoxy) is 2. The molecule has 0 saturated carbocycles. The molecule has 2 unspecified atom stereocenters. The Morgan fingerprint density at radius 2 is 1.06 bits per heavy atom. The van der Waals surface area contributed by atoms with Gasteiger partial charge >= 0.3 is 0 Å². The molecule has 166 valence electrons. The predicted octanol–water partition coefficient (Wildman–Crippen LogP) is 3.85. The standard InChI is InChI=1S/C26H28N2O4/c1-19(31-23-12-5-3-6-13-23)25(29)27-17-21-10-9-11-22(16-21)18-28-26(30)20(2)32-24-14-7-4-8-15-24/h3-16,19-20H,17-18H2,1-2H3,(H,27,29)(H,28,30). The Balaban J connectivity index is 1.45. The van der Waals surface area contributed by atoms with Gasteiger partial charge in [-0.2, -0.15) is 0 Å². The van der Waals surface area contributed by atoms with Gasteiger partial charge in [-0.1, -0.05) is 60.7 Å². The molecular formula is C26H28N2O4. The lowest BCUT2D eigenvalue weighted by atomic mass is 10.1. The molecule has 0 spiro atoms. The molecule has 32 heavy (non-hydrogen) atoms. The summed E-state index contributed by atoms with van der Waals surface area (Å²) in [5.74, 6) is 0.913. The summed E-state index contributed by atoms with van der Waals surface area (Å²) in [5, 5.41) is 5.77. The van der Waals surface area contributed by atoms with E-state index in [2.05, 4.69) is 10.6 Å². The summed E-state index contributed by atoms with van der Waals surface area (Å²) in [4.78, 5) is 24.7. The fourth-order valence-corrected chi connectivity index (χ4v) is 3.03. The maximum atomic E-state index is 12.3. The molecule has 0 aliphatic carbocycles. The van der Waals surface area contributed by atoms with Crippen LogP contribution in [0.1, 0.15) is 25.0 Å². The van der Waals surface area contributed by atoms with Crippen molar-refractivity contribution >= 4 is 11.8 Å². The van der Waals surface area contributed by atoms with Gasteiger partial charge < -0.3 is 20.1 Å². The Kier molecular flexibility index (Phi) is 8.26. The lowest BCUT2D eigenvalue weighted by molar-refractivity contribution is -0.128. The minimum atomic E-state index is -0.606. The second kappa shape index (κ2) is 11.6. The van der Waals surface area contributed by atoms with E-state index in [4.69, 9.17) is 9.47 Å². The highest BCUT2D eigenvalue weighted by Crippen LogP contribution is 2.12. The zero-order valence-corrected chi connectivity index (χ0v) is 18.3. The zero-order chi connectivity index (χ0) is 22.8. The van der Waals surface area contributed by atoms with Gasteiger partial charge in [-0.15, -0.1) is 0 Å². The number of carbonyl (C=O) groups excluding carboxylic acids is 2. The van der Waals surface area contributed by atoms with Crippen molar-refractivity contribution in [2.24, 2.45) is 0 Å². The molecule has 0 bridgehead atoms. The number of amides is 2. The van der Waals surface area contributed by atoms with Crippen LogP contribution in [-0.4, -0.2) is 24.0 Å². The summed E-state index contributed by atoms with van der Waals surface area (Å²) in [6, 6.07) is 26.2. The Morgan fingerprint density at radius 3 is 1.47 bits per heavy atom. The Morgan fingerprint density at radius 1 is 0.656 bits per heavy atom. The van der Waals surface area contributed by atoms with Crippen LogP contribution < -0.4 is 20.1 Å². The van der Waals surface area contributed by atoms with E-state index in [0.29, 0.717) is 24.6 Å². The smallest absolute Gasteiger partial charge is 0.261 e. The van der Waals surface area contributed by atoms with Crippen molar-refractivity contribution < 1.29 is 19.1 Å². The molecule has 0 aromatic heterocycles. The molecule has 0 fully saturated rings. The van der Waals surface area contributed by atoms with Crippen molar-refractivity contribution in [1.82, 2.24) is 10.6 Å². The fraction of sp³-hybridized carbons (Fsp3) is 0.231. The van der Waals surface area contributed by atoms with Gasteiger partial charge in [0, 0.05) is 13.1 Å². The third-order valence-electron chi connectivity index (χ3n) is 4.78. The molecule has 2 N–H and O–H groups in total. The predicted molar refractivity (Wildman–Crippen MR) is 123 cm³/mol. The van der Waals surface area contributed by atoms with Gasteiger partial charge in [0.2, 0.25) is 0 Å². The summed E-state index contributed by atoms with van der Waals surface area (Å²) in [6.07, 6.45) is -1.21. The van der Waals surface area contributed by atoms with Crippen LogP contribution in [0.2, 0.25) is 0 Å². The maximum absolute atomic E-state index is 12.3. The summed E-state index contributed by atoms with van der Waals surface area (Å²) in [6.45, 7) is 4.17. The molecule has 3 rings (SSSR count). The number of para-hydroxylation sites is 2. The lowest BCUT2D eigenvalue weighted by Gasteiger charge is -2.16. The minimum absolute atomic E-state index is 0.195. The summed E-state index contributed by atoms with van der Waals surface area (Å²) in [7, 11) is 0. The first-order valence-corrected chi connectivity index (χ1v) is 10.6. The molecule has 0 radical (unpaired) electrons. The van der Waals surface area contributed by atoms with Crippen LogP contribution in [0.15, 0.2) is 84.9 Å². The van der Waals surface area contributed by atoms with Gasteiger partial charge in [-0.25, -0.2) is 0 Å². The average molecular weight is 433 g/mol. The van der Waals surface area contributed by atoms with E-state index in [-0.39, 0.29) is 11.8 Å². The molecule has 3 aromatic carbocycles. The van der Waals surface area contributed by atoms with E-state index in [9.17, 15) is 9.59 Å². The second-order valence-electron chi connectivity index (χ2n) is 7.40. The first kappa shape index (κ1) is 22.9. The highest BCUT2D eigenvalue weighted by Gasteiger charge is 2.15.